The Hall–Kier alpha value is -3.27. The molecule has 2 heterocycles. The van der Waals surface area contributed by atoms with Gasteiger partial charge in [-0.25, -0.2) is 4.98 Å². The fraction of sp³-hybridized carbons (Fsp3) is 0.200. The molecule has 0 fully saturated rings. The SMILES string of the molecule is CN(CCc1ccccn1)C(=O)c1csc(NC(=O)c2cccc(C(F)(F)F)c2)n1. The van der Waals surface area contributed by atoms with Gasteiger partial charge >= 0.3 is 6.18 Å². The predicted molar refractivity (Wildman–Crippen MR) is 106 cm³/mol. The van der Waals surface area contributed by atoms with Crippen molar-refractivity contribution in [2.45, 2.75) is 12.6 Å². The maximum Gasteiger partial charge on any atom is 0.416 e. The summed E-state index contributed by atoms with van der Waals surface area (Å²) >= 11 is 1.02. The molecule has 6 nitrogen and oxygen atoms in total. The molecule has 0 atom stereocenters. The Bertz CT molecular complexity index is 1040. The molecule has 2 aromatic heterocycles. The lowest BCUT2D eigenvalue weighted by Gasteiger charge is -2.15. The third kappa shape index (κ3) is 5.41. The molecule has 156 valence electrons. The fourth-order valence-corrected chi connectivity index (χ4v) is 3.24. The van der Waals surface area contributed by atoms with Crippen LogP contribution in [0, 0.1) is 0 Å². The highest BCUT2D eigenvalue weighted by Gasteiger charge is 2.31. The number of hydrogen-bond acceptors (Lipinski definition) is 5. The van der Waals surface area contributed by atoms with Crippen LogP contribution in [0.25, 0.3) is 0 Å². The van der Waals surface area contributed by atoms with E-state index in [9.17, 15) is 22.8 Å². The second kappa shape index (κ2) is 9.04. The lowest BCUT2D eigenvalue weighted by molar-refractivity contribution is -0.137. The van der Waals surface area contributed by atoms with Gasteiger partial charge in [-0.05, 0) is 30.3 Å². The lowest BCUT2D eigenvalue weighted by Crippen LogP contribution is -2.29. The minimum Gasteiger partial charge on any atom is -0.340 e. The third-order valence-corrected chi connectivity index (χ3v) is 4.93. The molecule has 0 spiro atoms. The summed E-state index contributed by atoms with van der Waals surface area (Å²) in [4.78, 5) is 34.5. The predicted octanol–water partition coefficient (Wildman–Crippen LogP) is 4.12. The molecule has 2 amide bonds. The topological polar surface area (TPSA) is 75.2 Å². The van der Waals surface area contributed by atoms with Crippen LogP contribution < -0.4 is 5.32 Å². The standard InChI is InChI=1S/C20H17F3N4O2S/c1-27(10-8-15-7-2-3-9-24-15)18(29)16-12-30-19(25-16)26-17(28)13-5-4-6-14(11-13)20(21,22)23/h2-7,9,11-12H,8,10H2,1H3,(H,25,26,28). The van der Waals surface area contributed by atoms with Crippen LogP contribution in [0.15, 0.2) is 54.0 Å². The van der Waals surface area contributed by atoms with Crippen molar-refractivity contribution in [1.29, 1.82) is 0 Å². The Morgan fingerprint density at radius 3 is 2.67 bits per heavy atom. The number of amides is 2. The van der Waals surface area contributed by atoms with Gasteiger partial charge in [-0.1, -0.05) is 12.1 Å². The van der Waals surface area contributed by atoms with E-state index in [4.69, 9.17) is 0 Å². The van der Waals surface area contributed by atoms with Gasteiger partial charge in [0.25, 0.3) is 11.8 Å². The Kier molecular flexibility index (Phi) is 6.46. The first-order chi connectivity index (χ1) is 14.2. The zero-order valence-electron chi connectivity index (χ0n) is 15.8. The molecular formula is C20H17F3N4O2S. The first kappa shape index (κ1) is 21.4. The number of carbonyl (C=O) groups excluding carboxylic acids is 2. The van der Waals surface area contributed by atoms with Crippen molar-refractivity contribution in [2.24, 2.45) is 0 Å². The number of thiazole rings is 1. The average Bonchev–Trinajstić information content (AvgIpc) is 3.20. The number of anilines is 1. The minimum absolute atomic E-state index is 0.124. The number of rotatable bonds is 6. The molecule has 10 heteroatoms. The van der Waals surface area contributed by atoms with Crippen molar-refractivity contribution in [3.05, 3.63) is 76.6 Å². The summed E-state index contributed by atoms with van der Waals surface area (Å²) in [5, 5.41) is 4.04. The maximum atomic E-state index is 12.8. The van der Waals surface area contributed by atoms with Crippen LogP contribution in [0.1, 0.15) is 32.1 Å². The van der Waals surface area contributed by atoms with Crippen LogP contribution in [0.3, 0.4) is 0 Å². The average molecular weight is 434 g/mol. The Balaban J connectivity index is 1.61. The van der Waals surface area contributed by atoms with Crippen LogP contribution in [0.2, 0.25) is 0 Å². The number of alkyl halides is 3. The minimum atomic E-state index is -4.54. The third-order valence-electron chi connectivity index (χ3n) is 4.17. The molecule has 0 saturated carbocycles. The first-order valence-electron chi connectivity index (χ1n) is 8.83. The number of aromatic nitrogens is 2. The van der Waals surface area contributed by atoms with Crippen LogP contribution in [0.4, 0.5) is 18.3 Å². The number of nitrogens with one attached hydrogen (secondary N) is 1. The number of pyridine rings is 1. The van der Waals surface area contributed by atoms with Gasteiger partial charge < -0.3 is 4.90 Å². The summed E-state index contributed by atoms with van der Waals surface area (Å²) in [6.45, 7) is 0.430. The highest BCUT2D eigenvalue weighted by molar-refractivity contribution is 7.14. The van der Waals surface area contributed by atoms with Gasteiger partial charge in [0.1, 0.15) is 5.69 Å². The van der Waals surface area contributed by atoms with Crippen molar-refractivity contribution >= 4 is 28.3 Å². The number of hydrogen-bond donors (Lipinski definition) is 1. The summed E-state index contributed by atoms with van der Waals surface area (Å²) in [5.74, 6) is -1.07. The van der Waals surface area contributed by atoms with Gasteiger partial charge in [-0.3, -0.25) is 19.9 Å². The highest BCUT2D eigenvalue weighted by atomic mass is 32.1. The first-order valence-corrected chi connectivity index (χ1v) is 9.71. The Morgan fingerprint density at radius 1 is 1.17 bits per heavy atom. The molecule has 0 bridgehead atoms. The molecule has 0 saturated heterocycles. The van der Waals surface area contributed by atoms with Crippen LogP contribution in [-0.4, -0.2) is 40.3 Å². The Labute approximate surface area is 174 Å². The zero-order valence-corrected chi connectivity index (χ0v) is 16.6. The van der Waals surface area contributed by atoms with Crippen LogP contribution in [-0.2, 0) is 12.6 Å². The van der Waals surface area contributed by atoms with Crippen molar-refractivity contribution in [1.82, 2.24) is 14.9 Å². The van der Waals surface area contributed by atoms with E-state index in [2.05, 4.69) is 15.3 Å². The van der Waals surface area contributed by atoms with Gasteiger partial charge in [0.05, 0.1) is 5.56 Å². The molecule has 1 N–H and O–H groups in total. The van der Waals surface area contributed by atoms with E-state index in [0.29, 0.717) is 13.0 Å². The molecule has 3 aromatic rings. The molecule has 0 unspecified atom stereocenters. The van der Waals surface area contributed by atoms with Crippen molar-refractivity contribution in [3.8, 4) is 0 Å². The largest absolute Gasteiger partial charge is 0.416 e. The number of benzene rings is 1. The summed E-state index contributed by atoms with van der Waals surface area (Å²) in [6.07, 6.45) is -2.29. The molecule has 1 aromatic carbocycles. The summed E-state index contributed by atoms with van der Waals surface area (Å²) in [6, 6.07) is 9.62. The van der Waals surface area contributed by atoms with E-state index in [1.807, 2.05) is 18.2 Å². The van der Waals surface area contributed by atoms with Gasteiger partial charge in [-0.2, -0.15) is 13.2 Å². The second-order valence-corrected chi connectivity index (χ2v) is 7.23. The summed E-state index contributed by atoms with van der Waals surface area (Å²) in [7, 11) is 1.63. The molecule has 0 radical (unpaired) electrons. The number of nitrogens with zero attached hydrogens (tertiary/aromatic N) is 3. The van der Waals surface area contributed by atoms with E-state index < -0.39 is 17.6 Å². The van der Waals surface area contributed by atoms with Crippen molar-refractivity contribution in [2.75, 3.05) is 18.9 Å². The van der Waals surface area contributed by atoms with Crippen molar-refractivity contribution < 1.29 is 22.8 Å². The molecule has 0 aliphatic heterocycles. The molecule has 0 aliphatic rings. The van der Waals surface area contributed by atoms with E-state index in [-0.39, 0.29) is 22.3 Å². The van der Waals surface area contributed by atoms with Gasteiger partial charge in [-0.15, -0.1) is 11.3 Å². The summed E-state index contributed by atoms with van der Waals surface area (Å²) < 4.78 is 38.4. The lowest BCUT2D eigenvalue weighted by atomic mass is 10.1. The van der Waals surface area contributed by atoms with E-state index >= 15 is 0 Å². The number of carbonyl (C=O) groups is 2. The second-order valence-electron chi connectivity index (χ2n) is 6.37. The zero-order chi connectivity index (χ0) is 21.7. The summed E-state index contributed by atoms with van der Waals surface area (Å²) in [5.41, 5.74) is -0.0765. The van der Waals surface area contributed by atoms with Gasteiger partial charge in [0.2, 0.25) is 0 Å². The monoisotopic (exact) mass is 434 g/mol. The smallest absolute Gasteiger partial charge is 0.340 e. The van der Waals surface area contributed by atoms with Crippen LogP contribution >= 0.6 is 11.3 Å². The van der Waals surface area contributed by atoms with Crippen LogP contribution in [0.5, 0.6) is 0 Å². The van der Waals surface area contributed by atoms with E-state index in [1.165, 1.54) is 16.3 Å². The number of halogens is 3. The van der Waals surface area contributed by atoms with Gasteiger partial charge in [0, 0.05) is 42.8 Å². The Morgan fingerprint density at radius 2 is 1.97 bits per heavy atom. The molecule has 0 aliphatic carbocycles. The van der Waals surface area contributed by atoms with E-state index in [1.54, 1.807) is 13.2 Å². The van der Waals surface area contributed by atoms with Crippen molar-refractivity contribution in [3.63, 3.8) is 0 Å². The highest BCUT2D eigenvalue weighted by Crippen LogP contribution is 2.29. The van der Waals surface area contributed by atoms with E-state index in [0.717, 1.165) is 35.2 Å². The van der Waals surface area contributed by atoms with Gasteiger partial charge in [0.15, 0.2) is 5.13 Å². The quantitative estimate of drug-likeness (QED) is 0.633. The molecule has 30 heavy (non-hydrogen) atoms. The fourth-order valence-electron chi connectivity index (χ4n) is 2.56. The maximum absolute atomic E-state index is 12.8. The molecule has 3 rings (SSSR count). The molecular weight excluding hydrogens is 417 g/mol. The normalized spacial score (nSPS) is 11.2. The number of likely N-dealkylation sites (N-methyl/N-ethyl adjacent to an activating group) is 1.